The molecule has 0 unspecified atom stereocenters. The van der Waals surface area contributed by atoms with Gasteiger partial charge in [-0.25, -0.2) is 0 Å². The summed E-state index contributed by atoms with van der Waals surface area (Å²) in [6.07, 6.45) is 0. The SMILES string of the molecule is CN1CCN=C1c1ccc(OC(C)(C)C)cc1. The van der Waals surface area contributed by atoms with Crippen LogP contribution in [0.15, 0.2) is 29.3 Å². The molecule has 0 aromatic heterocycles. The van der Waals surface area contributed by atoms with Crippen LogP contribution in [0.3, 0.4) is 0 Å². The topological polar surface area (TPSA) is 24.8 Å². The largest absolute Gasteiger partial charge is 0.488 e. The molecule has 17 heavy (non-hydrogen) atoms. The molecule has 0 bridgehead atoms. The predicted molar refractivity (Wildman–Crippen MR) is 70.9 cm³/mol. The van der Waals surface area contributed by atoms with Gasteiger partial charge >= 0.3 is 0 Å². The maximum atomic E-state index is 5.79. The highest BCUT2D eigenvalue weighted by atomic mass is 16.5. The molecule has 0 aliphatic carbocycles. The first kappa shape index (κ1) is 12.0. The zero-order valence-electron chi connectivity index (χ0n) is 11.0. The van der Waals surface area contributed by atoms with Crippen molar-refractivity contribution in [3.63, 3.8) is 0 Å². The molecule has 92 valence electrons. The lowest BCUT2D eigenvalue weighted by Crippen LogP contribution is -2.24. The van der Waals surface area contributed by atoms with Crippen LogP contribution in [0.2, 0.25) is 0 Å². The Labute approximate surface area is 103 Å². The lowest BCUT2D eigenvalue weighted by Gasteiger charge is -2.21. The Morgan fingerprint density at radius 3 is 2.29 bits per heavy atom. The van der Waals surface area contributed by atoms with Crippen molar-refractivity contribution in [3.8, 4) is 5.75 Å². The van der Waals surface area contributed by atoms with Crippen molar-refractivity contribution in [1.29, 1.82) is 0 Å². The Hall–Kier alpha value is -1.51. The maximum absolute atomic E-state index is 5.79. The Morgan fingerprint density at radius 2 is 1.82 bits per heavy atom. The molecule has 0 saturated carbocycles. The highest BCUT2D eigenvalue weighted by Crippen LogP contribution is 2.19. The molecule has 0 spiro atoms. The monoisotopic (exact) mass is 232 g/mol. The van der Waals surface area contributed by atoms with Gasteiger partial charge < -0.3 is 9.64 Å². The molecule has 3 heteroatoms. The van der Waals surface area contributed by atoms with E-state index in [1.807, 2.05) is 12.1 Å². The van der Waals surface area contributed by atoms with Crippen LogP contribution < -0.4 is 4.74 Å². The zero-order chi connectivity index (χ0) is 12.5. The number of hydrogen-bond donors (Lipinski definition) is 0. The van der Waals surface area contributed by atoms with E-state index in [0.717, 1.165) is 30.2 Å². The minimum atomic E-state index is -0.150. The molecule has 0 N–H and O–H groups in total. The molecule has 1 aliphatic rings. The molecule has 2 rings (SSSR count). The summed E-state index contributed by atoms with van der Waals surface area (Å²) in [7, 11) is 2.07. The van der Waals surface area contributed by atoms with Gasteiger partial charge in [0.15, 0.2) is 0 Å². The zero-order valence-corrected chi connectivity index (χ0v) is 11.0. The molecular weight excluding hydrogens is 212 g/mol. The fourth-order valence-corrected chi connectivity index (χ4v) is 1.87. The number of hydrogen-bond acceptors (Lipinski definition) is 3. The summed E-state index contributed by atoms with van der Waals surface area (Å²) in [5, 5.41) is 0. The molecule has 3 nitrogen and oxygen atoms in total. The van der Waals surface area contributed by atoms with Gasteiger partial charge in [-0.05, 0) is 45.0 Å². The number of nitrogens with zero attached hydrogens (tertiary/aromatic N) is 2. The summed E-state index contributed by atoms with van der Waals surface area (Å²) in [5.74, 6) is 1.98. The van der Waals surface area contributed by atoms with Crippen molar-refractivity contribution in [2.75, 3.05) is 20.1 Å². The van der Waals surface area contributed by atoms with Gasteiger partial charge in [0.05, 0.1) is 6.54 Å². The summed E-state index contributed by atoms with van der Waals surface area (Å²) in [6.45, 7) is 8.06. The molecule has 1 aromatic rings. The van der Waals surface area contributed by atoms with E-state index in [2.05, 4.69) is 49.8 Å². The van der Waals surface area contributed by atoms with Crippen LogP contribution in [0.5, 0.6) is 5.75 Å². The van der Waals surface area contributed by atoms with E-state index in [9.17, 15) is 0 Å². The smallest absolute Gasteiger partial charge is 0.130 e. The van der Waals surface area contributed by atoms with Crippen LogP contribution in [0.25, 0.3) is 0 Å². The lowest BCUT2D eigenvalue weighted by atomic mass is 10.1. The number of benzene rings is 1. The third-order valence-electron chi connectivity index (χ3n) is 2.60. The summed E-state index contributed by atoms with van der Waals surface area (Å²) in [5.41, 5.74) is 1.01. The fraction of sp³-hybridized carbons (Fsp3) is 0.500. The Morgan fingerprint density at radius 1 is 1.18 bits per heavy atom. The third kappa shape index (κ3) is 2.99. The summed E-state index contributed by atoms with van der Waals surface area (Å²) < 4.78 is 5.79. The van der Waals surface area contributed by atoms with Crippen molar-refractivity contribution in [3.05, 3.63) is 29.8 Å². The Kier molecular flexibility index (Phi) is 3.09. The van der Waals surface area contributed by atoms with Crippen molar-refractivity contribution in [1.82, 2.24) is 4.90 Å². The molecule has 1 aliphatic heterocycles. The third-order valence-corrected chi connectivity index (χ3v) is 2.60. The van der Waals surface area contributed by atoms with Gasteiger partial charge in [-0.3, -0.25) is 4.99 Å². The standard InChI is InChI=1S/C14H20N2O/c1-14(2,3)17-12-7-5-11(6-8-12)13-15-9-10-16(13)4/h5-8H,9-10H2,1-4H3. The van der Waals surface area contributed by atoms with E-state index in [0.29, 0.717) is 0 Å². The van der Waals surface area contributed by atoms with Crippen molar-refractivity contribution >= 4 is 5.84 Å². The van der Waals surface area contributed by atoms with E-state index in [4.69, 9.17) is 4.74 Å². The normalized spacial score (nSPS) is 16.0. The maximum Gasteiger partial charge on any atom is 0.130 e. The lowest BCUT2D eigenvalue weighted by molar-refractivity contribution is 0.131. The highest BCUT2D eigenvalue weighted by molar-refractivity contribution is 5.99. The molecular formula is C14H20N2O. The first-order valence-corrected chi connectivity index (χ1v) is 6.01. The fourth-order valence-electron chi connectivity index (χ4n) is 1.87. The number of aliphatic imine (C=N–C) groups is 1. The van der Waals surface area contributed by atoms with Gasteiger partial charge in [-0.15, -0.1) is 0 Å². The molecule has 0 amide bonds. The van der Waals surface area contributed by atoms with Crippen LogP contribution in [0.4, 0.5) is 0 Å². The Bertz CT molecular complexity index is 415. The van der Waals surface area contributed by atoms with Gasteiger partial charge in [-0.1, -0.05) is 0 Å². The predicted octanol–water partition coefficient (Wildman–Crippen LogP) is 2.56. The van der Waals surface area contributed by atoms with Gasteiger partial charge in [0, 0.05) is 19.2 Å². The van der Waals surface area contributed by atoms with Crippen LogP contribution in [0, 0.1) is 0 Å². The van der Waals surface area contributed by atoms with Crippen LogP contribution in [-0.4, -0.2) is 36.5 Å². The minimum Gasteiger partial charge on any atom is -0.488 e. The van der Waals surface area contributed by atoms with E-state index in [1.54, 1.807) is 0 Å². The molecule has 0 fully saturated rings. The van der Waals surface area contributed by atoms with Crippen LogP contribution >= 0.6 is 0 Å². The minimum absolute atomic E-state index is 0.150. The average Bonchev–Trinajstić information content (AvgIpc) is 2.63. The molecule has 0 radical (unpaired) electrons. The van der Waals surface area contributed by atoms with Crippen LogP contribution in [0.1, 0.15) is 26.3 Å². The van der Waals surface area contributed by atoms with Crippen LogP contribution in [-0.2, 0) is 0 Å². The van der Waals surface area contributed by atoms with E-state index in [1.165, 1.54) is 0 Å². The highest BCUT2D eigenvalue weighted by Gasteiger charge is 2.15. The van der Waals surface area contributed by atoms with Crippen molar-refractivity contribution in [2.45, 2.75) is 26.4 Å². The van der Waals surface area contributed by atoms with Crippen molar-refractivity contribution in [2.24, 2.45) is 4.99 Å². The van der Waals surface area contributed by atoms with E-state index < -0.39 is 0 Å². The molecule has 1 aromatic carbocycles. The number of ether oxygens (including phenoxy) is 1. The van der Waals surface area contributed by atoms with Gasteiger partial charge in [0.2, 0.25) is 0 Å². The van der Waals surface area contributed by atoms with E-state index in [-0.39, 0.29) is 5.60 Å². The quantitative estimate of drug-likeness (QED) is 0.783. The summed E-state index contributed by atoms with van der Waals surface area (Å²) >= 11 is 0. The number of likely N-dealkylation sites (N-methyl/N-ethyl adjacent to an activating group) is 1. The summed E-state index contributed by atoms with van der Waals surface area (Å²) in [6, 6.07) is 8.16. The van der Waals surface area contributed by atoms with Crippen molar-refractivity contribution < 1.29 is 4.74 Å². The van der Waals surface area contributed by atoms with Gasteiger partial charge in [0.25, 0.3) is 0 Å². The number of rotatable bonds is 2. The Balaban J connectivity index is 2.13. The van der Waals surface area contributed by atoms with Gasteiger partial charge in [-0.2, -0.15) is 0 Å². The summed E-state index contributed by atoms with van der Waals surface area (Å²) in [4.78, 5) is 6.67. The number of amidine groups is 1. The molecule has 1 heterocycles. The average molecular weight is 232 g/mol. The molecule has 0 saturated heterocycles. The second kappa shape index (κ2) is 4.40. The van der Waals surface area contributed by atoms with Gasteiger partial charge in [0.1, 0.15) is 17.2 Å². The second-order valence-corrected chi connectivity index (χ2v) is 5.37. The first-order valence-electron chi connectivity index (χ1n) is 6.01. The second-order valence-electron chi connectivity index (χ2n) is 5.37. The first-order chi connectivity index (χ1) is 7.96. The molecule has 0 atom stereocenters. The van der Waals surface area contributed by atoms with E-state index >= 15 is 0 Å².